The Labute approximate surface area is 104 Å². The van der Waals surface area contributed by atoms with Crippen LogP contribution in [-0.2, 0) is 18.2 Å². The molecule has 0 bridgehead atoms. The summed E-state index contributed by atoms with van der Waals surface area (Å²) in [7, 11) is 1.88. The first-order valence-electron chi connectivity index (χ1n) is 6.13. The van der Waals surface area contributed by atoms with Gasteiger partial charge in [-0.2, -0.15) is 0 Å². The van der Waals surface area contributed by atoms with Crippen molar-refractivity contribution in [2.45, 2.75) is 45.8 Å². The summed E-state index contributed by atoms with van der Waals surface area (Å²) in [4.78, 5) is 0. The lowest BCUT2D eigenvalue weighted by Crippen LogP contribution is -2.38. The van der Waals surface area contributed by atoms with Crippen molar-refractivity contribution in [3.8, 4) is 0 Å². The number of nitrogens with one attached hydrogen (secondary N) is 1. The van der Waals surface area contributed by atoms with E-state index in [1.165, 1.54) is 0 Å². The van der Waals surface area contributed by atoms with E-state index in [9.17, 15) is 0 Å². The molecule has 5 heteroatoms. The third-order valence-electron chi connectivity index (χ3n) is 2.32. The van der Waals surface area contributed by atoms with E-state index in [2.05, 4.69) is 43.3 Å². The molecule has 0 aliphatic carbocycles. The SMILES string of the molecule is CCNC(COC(C)(C)C)Cc1cn(C)nn1. The van der Waals surface area contributed by atoms with Crippen LogP contribution in [0.3, 0.4) is 0 Å². The molecule has 1 aromatic rings. The van der Waals surface area contributed by atoms with Crippen LogP contribution in [0.15, 0.2) is 6.20 Å². The largest absolute Gasteiger partial charge is 0.374 e. The van der Waals surface area contributed by atoms with E-state index in [-0.39, 0.29) is 11.6 Å². The number of hydrogen-bond acceptors (Lipinski definition) is 4. The maximum atomic E-state index is 5.81. The highest BCUT2D eigenvalue weighted by atomic mass is 16.5. The van der Waals surface area contributed by atoms with E-state index in [1.54, 1.807) is 4.68 Å². The average Bonchev–Trinajstić information content (AvgIpc) is 2.60. The third-order valence-corrected chi connectivity index (χ3v) is 2.32. The zero-order valence-electron chi connectivity index (χ0n) is 11.5. The van der Waals surface area contributed by atoms with Crippen LogP contribution in [0, 0.1) is 0 Å². The minimum Gasteiger partial charge on any atom is -0.374 e. The summed E-state index contributed by atoms with van der Waals surface area (Å²) in [5, 5.41) is 11.4. The van der Waals surface area contributed by atoms with Crippen LogP contribution in [0.1, 0.15) is 33.4 Å². The quantitative estimate of drug-likeness (QED) is 0.810. The molecular weight excluding hydrogens is 216 g/mol. The van der Waals surface area contributed by atoms with Crippen LogP contribution < -0.4 is 5.32 Å². The molecule has 1 heterocycles. The van der Waals surface area contributed by atoms with Gasteiger partial charge in [-0.1, -0.05) is 12.1 Å². The van der Waals surface area contributed by atoms with E-state index in [1.807, 2.05) is 13.2 Å². The molecule has 0 saturated carbocycles. The number of likely N-dealkylation sites (N-methyl/N-ethyl adjacent to an activating group) is 1. The van der Waals surface area contributed by atoms with E-state index in [0.29, 0.717) is 6.61 Å². The summed E-state index contributed by atoms with van der Waals surface area (Å²) in [5.74, 6) is 0. The van der Waals surface area contributed by atoms with E-state index in [4.69, 9.17) is 4.74 Å². The fourth-order valence-corrected chi connectivity index (χ4v) is 1.57. The van der Waals surface area contributed by atoms with Crippen LogP contribution in [0.2, 0.25) is 0 Å². The van der Waals surface area contributed by atoms with Crippen molar-refractivity contribution in [2.75, 3.05) is 13.2 Å². The summed E-state index contributed by atoms with van der Waals surface area (Å²) < 4.78 is 7.53. The van der Waals surface area contributed by atoms with Gasteiger partial charge in [-0.15, -0.1) is 5.10 Å². The Kier molecular flexibility index (Phi) is 5.08. The Morgan fingerprint density at radius 2 is 2.18 bits per heavy atom. The smallest absolute Gasteiger partial charge is 0.0843 e. The second-order valence-electron chi connectivity index (χ2n) is 5.27. The second kappa shape index (κ2) is 6.12. The van der Waals surface area contributed by atoms with Crippen molar-refractivity contribution in [3.05, 3.63) is 11.9 Å². The van der Waals surface area contributed by atoms with Crippen LogP contribution >= 0.6 is 0 Å². The molecular formula is C12H24N4O. The number of rotatable bonds is 6. The summed E-state index contributed by atoms with van der Waals surface area (Å²) in [6, 6.07) is 0.288. The number of nitrogens with zero attached hydrogens (tertiary/aromatic N) is 3. The lowest BCUT2D eigenvalue weighted by molar-refractivity contribution is -0.0142. The van der Waals surface area contributed by atoms with Crippen LogP contribution in [0.4, 0.5) is 0 Å². The Bertz CT molecular complexity index is 329. The molecule has 0 radical (unpaired) electrons. The van der Waals surface area contributed by atoms with Gasteiger partial charge < -0.3 is 10.1 Å². The van der Waals surface area contributed by atoms with Gasteiger partial charge in [0.1, 0.15) is 0 Å². The van der Waals surface area contributed by atoms with Gasteiger partial charge in [-0.25, -0.2) is 0 Å². The summed E-state index contributed by atoms with van der Waals surface area (Å²) >= 11 is 0. The number of hydrogen-bond donors (Lipinski definition) is 1. The van der Waals surface area contributed by atoms with Crippen molar-refractivity contribution >= 4 is 0 Å². The second-order valence-corrected chi connectivity index (χ2v) is 5.27. The molecule has 1 aromatic heterocycles. The molecule has 0 spiro atoms. The molecule has 0 aromatic carbocycles. The minimum atomic E-state index is -0.101. The first-order chi connectivity index (χ1) is 7.90. The van der Waals surface area contributed by atoms with Gasteiger partial charge in [0, 0.05) is 25.7 Å². The molecule has 0 aliphatic heterocycles. The van der Waals surface area contributed by atoms with Gasteiger partial charge in [-0.05, 0) is 27.3 Å². The summed E-state index contributed by atoms with van der Waals surface area (Å²) in [6.07, 6.45) is 2.79. The maximum absolute atomic E-state index is 5.81. The van der Waals surface area contributed by atoms with Gasteiger partial charge in [0.15, 0.2) is 0 Å². The lowest BCUT2D eigenvalue weighted by Gasteiger charge is -2.24. The van der Waals surface area contributed by atoms with Crippen LogP contribution in [-0.4, -0.2) is 39.8 Å². The molecule has 17 heavy (non-hydrogen) atoms. The Morgan fingerprint density at radius 3 is 2.65 bits per heavy atom. The molecule has 98 valence electrons. The molecule has 0 aliphatic rings. The fraction of sp³-hybridized carbons (Fsp3) is 0.833. The molecule has 1 unspecified atom stereocenters. The third kappa shape index (κ3) is 5.79. The number of aryl methyl sites for hydroxylation is 1. The first kappa shape index (κ1) is 14.1. The standard InChI is InChI=1S/C12H24N4O/c1-6-13-11(9-17-12(2,3)4)7-10-8-16(5)15-14-10/h8,11,13H,6-7,9H2,1-5H3. The monoisotopic (exact) mass is 240 g/mol. The topological polar surface area (TPSA) is 52.0 Å². The summed E-state index contributed by atoms with van der Waals surface area (Å²) in [6.45, 7) is 9.92. The Balaban J connectivity index is 2.48. The van der Waals surface area contributed by atoms with Crippen LogP contribution in [0.5, 0.6) is 0 Å². The van der Waals surface area contributed by atoms with E-state index in [0.717, 1.165) is 18.7 Å². The molecule has 0 saturated heterocycles. The van der Waals surface area contributed by atoms with Crippen molar-refractivity contribution in [3.63, 3.8) is 0 Å². The lowest BCUT2D eigenvalue weighted by atomic mass is 10.1. The zero-order valence-corrected chi connectivity index (χ0v) is 11.5. The Morgan fingerprint density at radius 1 is 1.47 bits per heavy atom. The first-order valence-corrected chi connectivity index (χ1v) is 6.13. The highest BCUT2D eigenvalue weighted by Gasteiger charge is 2.16. The highest BCUT2D eigenvalue weighted by molar-refractivity contribution is 4.95. The molecule has 0 fully saturated rings. The number of ether oxygens (including phenoxy) is 1. The highest BCUT2D eigenvalue weighted by Crippen LogP contribution is 2.08. The predicted molar refractivity (Wildman–Crippen MR) is 67.9 cm³/mol. The maximum Gasteiger partial charge on any atom is 0.0843 e. The zero-order chi connectivity index (χ0) is 12.9. The van der Waals surface area contributed by atoms with E-state index < -0.39 is 0 Å². The molecule has 1 atom stereocenters. The van der Waals surface area contributed by atoms with Crippen molar-refractivity contribution in [1.82, 2.24) is 20.3 Å². The van der Waals surface area contributed by atoms with E-state index >= 15 is 0 Å². The number of aromatic nitrogens is 3. The van der Waals surface area contributed by atoms with Crippen molar-refractivity contribution in [2.24, 2.45) is 7.05 Å². The average molecular weight is 240 g/mol. The predicted octanol–water partition coefficient (Wildman–Crippen LogP) is 1.15. The summed E-state index contributed by atoms with van der Waals surface area (Å²) in [5.41, 5.74) is 0.895. The van der Waals surface area contributed by atoms with Gasteiger partial charge >= 0.3 is 0 Å². The van der Waals surface area contributed by atoms with Gasteiger partial charge in [0.25, 0.3) is 0 Å². The fourth-order valence-electron chi connectivity index (χ4n) is 1.57. The molecule has 1 rings (SSSR count). The van der Waals surface area contributed by atoms with Gasteiger partial charge in [0.05, 0.1) is 17.9 Å². The molecule has 5 nitrogen and oxygen atoms in total. The van der Waals surface area contributed by atoms with Crippen molar-refractivity contribution < 1.29 is 4.74 Å². The van der Waals surface area contributed by atoms with Gasteiger partial charge in [-0.3, -0.25) is 4.68 Å². The van der Waals surface area contributed by atoms with Crippen LogP contribution in [0.25, 0.3) is 0 Å². The Hall–Kier alpha value is -0.940. The minimum absolute atomic E-state index is 0.101. The van der Waals surface area contributed by atoms with Gasteiger partial charge in [0.2, 0.25) is 0 Å². The normalized spacial score (nSPS) is 13.9. The molecule has 0 amide bonds. The molecule has 1 N–H and O–H groups in total. The van der Waals surface area contributed by atoms with Crippen molar-refractivity contribution in [1.29, 1.82) is 0 Å².